The van der Waals surface area contributed by atoms with Gasteiger partial charge in [0.1, 0.15) is 22.8 Å². The van der Waals surface area contributed by atoms with E-state index in [9.17, 15) is 5.11 Å². The molecule has 218 valence electrons. The zero-order valence-electron chi connectivity index (χ0n) is 25.7. The maximum absolute atomic E-state index is 10.6. The van der Waals surface area contributed by atoms with Crippen LogP contribution in [0.4, 0.5) is 0 Å². The summed E-state index contributed by atoms with van der Waals surface area (Å²) in [4.78, 5) is 9.67. The number of para-hydroxylation sites is 1. The molecule has 4 aromatic carbocycles. The van der Waals surface area contributed by atoms with Crippen molar-refractivity contribution < 1.29 is 9.84 Å². The predicted octanol–water partition coefficient (Wildman–Crippen LogP) is 10.3. The van der Waals surface area contributed by atoms with Crippen LogP contribution in [0.3, 0.4) is 0 Å². The van der Waals surface area contributed by atoms with Crippen molar-refractivity contribution in [1.82, 2.24) is 14.5 Å². The summed E-state index contributed by atoms with van der Waals surface area (Å²) >= 11 is 0. The lowest BCUT2D eigenvalue weighted by Gasteiger charge is -2.19. The van der Waals surface area contributed by atoms with Gasteiger partial charge in [0, 0.05) is 34.5 Å². The lowest BCUT2D eigenvalue weighted by molar-refractivity contribution is 0.459. The number of nitrogens with zero attached hydrogens (tertiary/aromatic N) is 3. The first-order valence-electron chi connectivity index (χ1n) is 15.1. The summed E-state index contributed by atoms with van der Waals surface area (Å²) < 4.78 is 8.67. The topological polar surface area (TPSA) is 60.2 Å². The van der Waals surface area contributed by atoms with Gasteiger partial charge in [-0.25, -0.2) is 9.97 Å². The Labute approximate surface area is 257 Å². The fourth-order valence-electron chi connectivity index (χ4n) is 6.06. The van der Waals surface area contributed by atoms with Gasteiger partial charge >= 0.3 is 0 Å². The van der Waals surface area contributed by atoms with Gasteiger partial charge in [-0.3, -0.25) is 4.57 Å². The van der Waals surface area contributed by atoms with Crippen LogP contribution in [0.5, 0.6) is 17.4 Å². The van der Waals surface area contributed by atoms with Gasteiger partial charge in [-0.05, 0) is 63.9 Å². The Balaban J connectivity index is 1.44. The number of hydrogen-bond donors (Lipinski definition) is 1. The standard InChI is InChI=1S/C39H35N3O2/c1-24(2)31-22-36(41-38-29(31)14-10-16-34(38)43)44-27-18-19-30-33(21-27)42(35-20-17-26(23-40-35)39(3,4)5)32-15-9-13-28(37(30)32)25-11-7-6-8-12-25/h6-24,43H,1-5H3. The third kappa shape index (κ3) is 4.75. The molecule has 44 heavy (non-hydrogen) atoms. The third-order valence-corrected chi connectivity index (χ3v) is 8.36. The fraction of sp³-hybridized carbons (Fsp3) is 0.179. The SMILES string of the molecule is CC(C)c1cc(Oc2ccc3c4c(-c5ccccc5)cccc4n(-c4ccc(C(C)(C)C)cn4)c3c2)nc2c(O)cccc12. The van der Waals surface area contributed by atoms with E-state index in [2.05, 4.69) is 106 Å². The Kier molecular flexibility index (Phi) is 6.62. The molecule has 0 atom stereocenters. The molecule has 0 fully saturated rings. The van der Waals surface area contributed by atoms with Crippen molar-refractivity contribution in [3.05, 3.63) is 120 Å². The Morgan fingerprint density at radius 1 is 0.773 bits per heavy atom. The van der Waals surface area contributed by atoms with Crippen LogP contribution in [0.1, 0.15) is 51.7 Å². The van der Waals surface area contributed by atoms with E-state index in [1.807, 2.05) is 36.5 Å². The molecule has 7 rings (SSSR count). The summed E-state index contributed by atoms with van der Waals surface area (Å²) in [6, 6.07) is 34.9. The highest BCUT2D eigenvalue weighted by Crippen LogP contribution is 2.41. The first-order valence-corrected chi connectivity index (χ1v) is 15.1. The van der Waals surface area contributed by atoms with Crippen LogP contribution in [0.25, 0.3) is 49.7 Å². The van der Waals surface area contributed by atoms with Crippen molar-refractivity contribution in [3.8, 4) is 34.3 Å². The van der Waals surface area contributed by atoms with Gasteiger partial charge < -0.3 is 9.84 Å². The molecule has 0 aliphatic rings. The highest BCUT2D eigenvalue weighted by Gasteiger charge is 2.20. The fourth-order valence-corrected chi connectivity index (χ4v) is 6.06. The molecule has 0 aliphatic heterocycles. The van der Waals surface area contributed by atoms with E-state index < -0.39 is 0 Å². The number of benzene rings is 4. The summed E-state index contributed by atoms with van der Waals surface area (Å²) in [5.41, 5.74) is 7.20. The Bertz CT molecular complexity index is 2160. The second kappa shape index (κ2) is 10.5. The van der Waals surface area contributed by atoms with E-state index in [0.29, 0.717) is 17.1 Å². The molecule has 0 bridgehead atoms. The highest BCUT2D eigenvalue weighted by molar-refractivity contribution is 6.15. The molecule has 1 N–H and O–H groups in total. The van der Waals surface area contributed by atoms with E-state index >= 15 is 0 Å². The van der Waals surface area contributed by atoms with Gasteiger partial charge in [0.15, 0.2) is 0 Å². The molecule has 7 aromatic rings. The van der Waals surface area contributed by atoms with Crippen molar-refractivity contribution in [2.24, 2.45) is 0 Å². The minimum absolute atomic E-state index is 0.00394. The molecule has 5 heteroatoms. The summed E-state index contributed by atoms with van der Waals surface area (Å²) in [6.45, 7) is 10.9. The third-order valence-electron chi connectivity index (χ3n) is 8.36. The maximum atomic E-state index is 10.6. The zero-order valence-corrected chi connectivity index (χ0v) is 25.7. The quantitative estimate of drug-likeness (QED) is 0.221. The van der Waals surface area contributed by atoms with E-state index in [-0.39, 0.29) is 17.1 Å². The number of pyridine rings is 2. The van der Waals surface area contributed by atoms with Gasteiger partial charge in [-0.2, -0.15) is 0 Å². The smallest absolute Gasteiger partial charge is 0.220 e. The lowest BCUT2D eigenvalue weighted by Crippen LogP contribution is -2.11. The lowest BCUT2D eigenvalue weighted by atomic mass is 9.88. The second-order valence-electron chi connectivity index (χ2n) is 12.7. The van der Waals surface area contributed by atoms with Crippen LogP contribution in [0, 0.1) is 0 Å². The van der Waals surface area contributed by atoms with E-state index in [1.54, 1.807) is 6.07 Å². The highest BCUT2D eigenvalue weighted by atomic mass is 16.5. The molecule has 0 saturated carbocycles. The van der Waals surface area contributed by atoms with Crippen molar-refractivity contribution in [1.29, 1.82) is 0 Å². The number of ether oxygens (including phenoxy) is 1. The minimum Gasteiger partial charge on any atom is -0.506 e. The van der Waals surface area contributed by atoms with Crippen molar-refractivity contribution in [3.63, 3.8) is 0 Å². The average Bonchev–Trinajstić information content (AvgIpc) is 3.35. The van der Waals surface area contributed by atoms with Gasteiger partial charge in [0.2, 0.25) is 5.88 Å². The molecule has 3 aromatic heterocycles. The van der Waals surface area contributed by atoms with Crippen molar-refractivity contribution >= 4 is 32.7 Å². The van der Waals surface area contributed by atoms with Crippen LogP contribution in [-0.2, 0) is 5.41 Å². The Morgan fingerprint density at radius 2 is 1.57 bits per heavy atom. The zero-order chi connectivity index (χ0) is 30.6. The van der Waals surface area contributed by atoms with E-state index in [1.165, 1.54) is 11.1 Å². The first kappa shape index (κ1) is 27.7. The summed E-state index contributed by atoms with van der Waals surface area (Å²) in [6.07, 6.45) is 1.98. The number of fused-ring (bicyclic) bond motifs is 4. The molecule has 0 spiro atoms. The molecule has 0 radical (unpaired) electrons. The van der Waals surface area contributed by atoms with Crippen LogP contribution in [-0.4, -0.2) is 19.6 Å². The molecule has 0 saturated heterocycles. The van der Waals surface area contributed by atoms with Gasteiger partial charge in [0.05, 0.1) is 11.0 Å². The molecular weight excluding hydrogens is 542 g/mol. The number of aromatic nitrogens is 3. The van der Waals surface area contributed by atoms with Gasteiger partial charge in [-0.1, -0.05) is 95.3 Å². The summed E-state index contributed by atoms with van der Waals surface area (Å²) in [5, 5.41) is 13.8. The summed E-state index contributed by atoms with van der Waals surface area (Å²) in [5.74, 6) is 2.32. The van der Waals surface area contributed by atoms with E-state index in [0.717, 1.165) is 44.1 Å². The minimum atomic E-state index is 0.00394. The second-order valence-corrected chi connectivity index (χ2v) is 12.7. The predicted molar refractivity (Wildman–Crippen MR) is 180 cm³/mol. The van der Waals surface area contributed by atoms with Crippen molar-refractivity contribution in [2.45, 2.75) is 46.0 Å². The van der Waals surface area contributed by atoms with Crippen LogP contribution >= 0.6 is 0 Å². The summed E-state index contributed by atoms with van der Waals surface area (Å²) in [7, 11) is 0. The molecule has 0 amide bonds. The largest absolute Gasteiger partial charge is 0.506 e. The average molecular weight is 578 g/mol. The maximum Gasteiger partial charge on any atom is 0.220 e. The number of rotatable bonds is 5. The molecular formula is C39H35N3O2. The normalized spacial score (nSPS) is 12.0. The van der Waals surface area contributed by atoms with Gasteiger partial charge in [-0.15, -0.1) is 0 Å². The number of phenolic OH excluding ortho intramolecular Hbond substituents is 1. The molecule has 5 nitrogen and oxygen atoms in total. The van der Waals surface area contributed by atoms with E-state index in [4.69, 9.17) is 14.7 Å². The number of aromatic hydroxyl groups is 1. The van der Waals surface area contributed by atoms with Gasteiger partial charge in [0.25, 0.3) is 0 Å². The first-order chi connectivity index (χ1) is 21.2. The van der Waals surface area contributed by atoms with Crippen LogP contribution < -0.4 is 4.74 Å². The Morgan fingerprint density at radius 3 is 2.30 bits per heavy atom. The Hall–Kier alpha value is -5.16. The van der Waals surface area contributed by atoms with Crippen molar-refractivity contribution in [2.75, 3.05) is 0 Å². The number of hydrogen-bond acceptors (Lipinski definition) is 4. The monoisotopic (exact) mass is 577 g/mol. The number of phenols is 1. The van der Waals surface area contributed by atoms with Crippen LogP contribution in [0.2, 0.25) is 0 Å². The molecule has 0 aliphatic carbocycles. The van der Waals surface area contributed by atoms with Crippen LogP contribution in [0.15, 0.2) is 109 Å². The molecule has 0 unspecified atom stereocenters. The molecule has 3 heterocycles.